The third-order valence-electron chi connectivity index (χ3n) is 3.38. The van der Waals surface area contributed by atoms with E-state index in [0.29, 0.717) is 18.9 Å². The lowest BCUT2D eigenvalue weighted by atomic mass is 10.0. The van der Waals surface area contributed by atoms with Crippen LogP contribution in [0.25, 0.3) is 0 Å². The minimum atomic E-state index is -0.488. The zero-order chi connectivity index (χ0) is 16.0. The Morgan fingerprint density at radius 1 is 1.24 bits per heavy atom. The van der Waals surface area contributed by atoms with Crippen molar-refractivity contribution in [1.29, 1.82) is 0 Å². The summed E-state index contributed by atoms with van der Waals surface area (Å²) in [6.07, 6.45) is 0.451. The Bertz CT molecular complexity index is 549. The van der Waals surface area contributed by atoms with Gasteiger partial charge in [-0.15, -0.1) is 0 Å². The van der Waals surface area contributed by atoms with Gasteiger partial charge in [0.15, 0.2) is 5.82 Å². The highest BCUT2D eigenvalue weighted by atomic mass is 16.6. The molecule has 0 saturated carbocycles. The van der Waals surface area contributed by atoms with E-state index >= 15 is 0 Å². The monoisotopic (exact) mass is 294 g/mol. The van der Waals surface area contributed by atoms with E-state index in [1.54, 1.807) is 4.90 Å². The minimum absolute atomic E-state index is 0.115. The van der Waals surface area contributed by atoms with Gasteiger partial charge < -0.3 is 15.4 Å². The van der Waals surface area contributed by atoms with Crippen molar-refractivity contribution in [2.75, 3.05) is 12.3 Å². The van der Waals surface area contributed by atoms with E-state index in [4.69, 9.17) is 10.5 Å². The largest absolute Gasteiger partial charge is 0.444 e. The number of rotatable bonds is 0. The summed E-state index contributed by atoms with van der Waals surface area (Å²) < 4.78 is 7.40. The van der Waals surface area contributed by atoms with Crippen molar-refractivity contribution >= 4 is 11.9 Å². The van der Waals surface area contributed by atoms with Crippen LogP contribution in [0.15, 0.2) is 0 Å². The molecule has 0 atom stereocenters. The molecule has 1 aromatic rings. The van der Waals surface area contributed by atoms with Crippen LogP contribution in [0.4, 0.5) is 10.6 Å². The predicted molar refractivity (Wildman–Crippen MR) is 82.0 cm³/mol. The standard InChI is InChI=1S/C15H26N4O2/c1-14(2,3)19-11-7-8-18(9-10(11)12(16)17-19)13(20)21-15(4,5)6/h7-9H2,1-6H3,(H2,16,17). The summed E-state index contributed by atoms with van der Waals surface area (Å²) in [5, 5.41) is 4.45. The van der Waals surface area contributed by atoms with E-state index < -0.39 is 5.60 Å². The Labute approximate surface area is 126 Å². The zero-order valence-electron chi connectivity index (χ0n) is 13.9. The number of amides is 1. The summed E-state index contributed by atoms with van der Waals surface area (Å²) in [6, 6.07) is 0. The average Bonchev–Trinajstić information content (AvgIpc) is 2.64. The number of anilines is 1. The first-order valence-electron chi connectivity index (χ1n) is 7.34. The first-order valence-corrected chi connectivity index (χ1v) is 7.34. The molecule has 2 N–H and O–H groups in total. The smallest absolute Gasteiger partial charge is 0.410 e. The van der Waals surface area contributed by atoms with Crippen molar-refractivity contribution in [1.82, 2.24) is 14.7 Å². The summed E-state index contributed by atoms with van der Waals surface area (Å²) in [5.74, 6) is 0.508. The average molecular weight is 294 g/mol. The molecule has 6 nitrogen and oxygen atoms in total. The number of nitrogens with zero attached hydrogens (tertiary/aromatic N) is 3. The number of aromatic nitrogens is 2. The van der Waals surface area contributed by atoms with Gasteiger partial charge in [0.25, 0.3) is 0 Å². The van der Waals surface area contributed by atoms with Crippen molar-refractivity contribution in [2.24, 2.45) is 0 Å². The third-order valence-corrected chi connectivity index (χ3v) is 3.38. The van der Waals surface area contributed by atoms with E-state index in [-0.39, 0.29) is 11.6 Å². The second-order valence-electron chi connectivity index (χ2n) is 7.55. The van der Waals surface area contributed by atoms with Gasteiger partial charge in [-0.1, -0.05) is 0 Å². The van der Waals surface area contributed by atoms with Crippen molar-refractivity contribution < 1.29 is 9.53 Å². The van der Waals surface area contributed by atoms with Crippen molar-refractivity contribution in [3.05, 3.63) is 11.3 Å². The number of carbonyl (C=O) groups excluding carboxylic acids is 1. The molecule has 0 aliphatic carbocycles. The van der Waals surface area contributed by atoms with Crippen LogP contribution < -0.4 is 5.73 Å². The van der Waals surface area contributed by atoms with Gasteiger partial charge in [0, 0.05) is 24.2 Å². The molecule has 0 fully saturated rings. The highest BCUT2D eigenvalue weighted by molar-refractivity contribution is 5.69. The molecule has 1 aliphatic heterocycles. The topological polar surface area (TPSA) is 73.4 Å². The number of ether oxygens (including phenoxy) is 1. The van der Waals surface area contributed by atoms with Crippen LogP contribution in [0.5, 0.6) is 0 Å². The van der Waals surface area contributed by atoms with Gasteiger partial charge in [-0.2, -0.15) is 5.10 Å². The van der Waals surface area contributed by atoms with E-state index in [9.17, 15) is 4.79 Å². The summed E-state index contributed by atoms with van der Waals surface area (Å²) in [6.45, 7) is 13.0. The van der Waals surface area contributed by atoms with Gasteiger partial charge in [-0.25, -0.2) is 4.79 Å². The maximum Gasteiger partial charge on any atom is 0.410 e. The summed E-state index contributed by atoms with van der Waals surface area (Å²) in [5.41, 5.74) is 7.51. The molecule has 118 valence electrons. The van der Waals surface area contributed by atoms with E-state index in [1.807, 2.05) is 25.5 Å². The molecule has 0 saturated heterocycles. The molecule has 0 bridgehead atoms. The van der Waals surface area contributed by atoms with E-state index in [0.717, 1.165) is 17.7 Å². The summed E-state index contributed by atoms with van der Waals surface area (Å²) in [7, 11) is 0. The summed E-state index contributed by atoms with van der Waals surface area (Å²) in [4.78, 5) is 13.9. The molecule has 0 aromatic carbocycles. The van der Waals surface area contributed by atoms with Crippen LogP contribution in [-0.2, 0) is 23.2 Å². The van der Waals surface area contributed by atoms with E-state index in [2.05, 4.69) is 25.9 Å². The first-order chi connectivity index (χ1) is 9.49. The quantitative estimate of drug-likeness (QED) is 0.798. The Balaban J connectivity index is 2.22. The Morgan fingerprint density at radius 3 is 2.38 bits per heavy atom. The van der Waals surface area contributed by atoms with Gasteiger partial charge in [-0.3, -0.25) is 4.68 Å². The molecule has 1 aliphatic rings. The number of carbonyl (C=O) groups is 1. The number of hydrogen-bond donors (Lipinski definition) is 1. The van der Waals surface area contributed by atoms with Crippen molar-refractivity contribution in [3.63, 3.8) is 0 Å². The van der Waals surface area contributed by atoms with Gasteiger partial charge in [0.2, 0.25) is 0 Å². The summed E-state index contributed by atoms with van der Waals surface area (Å²) >= 11 is 0. The molecule has 0 unspecified atom stereocenters. The second kappa shape index (κ2) is 4.93. The Morgan fingerprint density at radius 2 is 1.86 bits per heavy atom. The number of hydrogen-bond acceptors (Lipinski definition) is 4. The molecule has 21 heavy (non-hydrogen) atoms. The van der Waals surface area contributed by atoms with Gasteiger partial charge >= 0.3 is 6.09 Å². The Hall–Kier alpha value is -1.72. The van der Waals surface area contributed by atoms with Crippen LogP contribution in [0, 0.1) is 0 Å². The Kier molecular flexibility index (Phi) is 3.68. The molecular weight excluding hydrogens is 268 g/mol. The number of nitrogens with two attached hydrogens (primary N) is 1. The van der Waals surface area contributed by atoms with Crippen molar-refractivity contribution in [2.45, 2.75) is 65.6 Å². The first kappa shape index (κ1) is 15.7. The van der Waals surface area contributed by atoms with Crippen LogP contribution >= 0.6 is 0 Å². The SMILES string of the molecule is CC(C)(C)OC(=O)N1CCc2c(c(N)nn2C(C)(C)C)C1. The number of fused-ring (bicyclic) bond motifs is 1. The molecule has 6 heteroatoms. The van der Waals surface area contributed by atoms with Crippen LogP contribution in [0.3, 0.4) is 0 Å². The molecule has 1 aromatic heterocycles. The molecule has 0 spiro atoms. The maximum atomic E-state index is 12.2. The fourth-order valence-corrected chi connectivity index (χ4v) is 2.48. The highest BCUT2D eigenvalue weighted by Crippen LogP contribution is 2.29. The zero-order valence-corrected chi connectivity index (χ0v) is 13.9. The maximum absolute atomic E-state index is 12.2. The van der Waals surface area contributed by atoms with Crippen molar-refractivity contribution in [3.8, 4) is 0 Å². The predicted octanol–water partition coefficient (Wildman–Crippen LogP) is 2.51. The highest BCUT2D eigenvalue weighted by Gasteiger charge is 2.31. The second-order valence-corrected chi connectivity index (χ2v) is 7.55. The lowest BCUT2D eigenvalue weighted by Crippen LogP contribution is -2.40. The molecular formula is C15H26N4O2. The lowest BCUT2D eigenvalue weighted by molar-refractivity contribution is 0.0222. The molecule has 1 amide bonds. The van der Waals surface area contributed by atoms with Crippen LogP contribution in [0.2, 0.25) is 0 Å². The molecule has 2 rings (SSSR count). The molecule has 0 radical (unpaired) electrons. The molecule has 2 heterocycles. The van der Waals surface area contributed by atoms with Gasteiger partial charge in [0.1, 0.15) is 5.60 Å². The third kappa shape index (κ3) is 3.31. The number of nitrogen functional groups attached to an aromatic ring is 1. The van der Waals surface area contributed by atoms with Gasteiger partial charge in [0.05, 0.1) is 12.1 Å². The normalized spacial score (nSPS) is 15.8. The lowest BCUT2D eigenvalue weighted by Gasteiger charge is -2.31. The van der Waals surface area contributed by atoms with Crippen LogP contribution in [-0.4, -0.2) is 32.9 Å². The van der Waals surface area contributed by atoms with E-state index in [1.165, 1.54) is 0 Å². The minimum Gasteiger partial charge on any atom is -0.444 e. The van der Waals surface area contributed by atoms with Gasteiger partial charge in [-0.05, 0) is 41.5 Å². The van der Waals surface area contributed by atoms with Crippen LogP contribution in [0.1, 0.15) is 52.8 Å². The fraction of sp³-hybridized carbons (Fsp3) is 0.733. The fourth-order valence-electron chi connectivity index (χ4n) is 2.48.